The zero-order valence-electron chi connectivity index (χ0n) is 14.2. The number of anilines is 3. The van der Waals surface area contributed by atoms with Gasteiger partial charge in [-0.3, -0.25) is 9.59 Å². The zero-order chi connectivity index (χ0) is 18.9. The maximum Gasteiger partial charge on any atom is 0.316 e. The molecule has 8 heteroatoms. The van der Waals surface area contributed by atoms with Gasteiger partial charge in [-0.25, -0.2) is 4.79 Å². The number of rotatable bonds is 7. The van der Waals surface area contributed by atoms with E-state index in [0.29, 0.717) is 11.4 Å². The van der Waals surface area contributed by atoms with Crippen molar-refractivity contribution < 1.29 is 14.4 Å². The number of thioether (sulfide) groups is 1. The van der Waals surface area contributed by atoms with E-state index >= 15 is 0 Å². The summed E-state index contributed by atoms with van der Waals surface area (Å²) in [7, 11) is 0. The molecule has 0 aromatic heterocycles. The van der Waals surface area contributed by atoms with E-state index in [1.807, 2.05) is 31.2 Å². The molecule has 2 rings (SSSR count). The van der Waals surface area contributed by atoms with Crippen molar-refractivity contribution in [3.8, 4) is 0 Å². The van der Waals surface area contributed by atoms with Crippen molar-refractivity contribution in [1.29, 1.82) is 0 Å². The average Bonchev–Trinajstić information content (AvgIpc) is 2.58. The van der Waals surface area contributed by atoms with Crippen molar-refractivity contribution in [2.45, 2.75) is 6.92 Å². The molecule has 0 atom stereocenters. The number of aryl methyl sites for hydroxylation is 1. The van der Waals surface area contributed by atoms with Crippen molar-refractivity contribution in [2.24, 2.45) is 5.73 Å². The maximum atomic E-state index is 11.9. The van der Waals surface area contributed by atoms with Crippen molar-refractivity contribution in [3.63, 3.8) is 0 Å². The van der Waals surface area contributed by atoms with Gasteiger partial charge in [-0.2, -0.15) is 0 Å². The fraction of sp³-hybridized carbons (Fsp3) is 0.167. The van der Waals surface area contributed by atoms with E-state index in [9.17, 15) is 14.4 Å². The molecule has 4 amide bonds. The quantitative estimate of drug-likeness (QED) is 0.598. The number of hydrogen-bond acceptors (Lipinski definition) is 4. The highest BCUT2D eigenvalue weighted by Gasteiger charge is 2.07. The Balaban J connectivity index is 1.70. The normalized spacial score (nSPS) is 10.0. The fourth-order valence-electron chi connectivity index (χ4n) is 2.05. The molecule has 5 N–H and O–H groups in total. The van der Waals surface area contributed by atoms with Gasteiger partial charge in [0.2, 0.25) is 11.8 Å². The third-order valence-electron chi connectivity index (χ3n) is 3.24. The van der Waals surface area contributed by atoms with Gasteiger partial charge in [-0.05, 0) is 43.3 Å². The summed E-state index contributed by atoms with van der Waals surface area (Å²) < 4.78 is 0. The van der Waals surface area contributed by atoms with E-state index in [1.54, 1.807) is 24.3 Å². The largest absolute Gasteiger partial charge is 0.351 e. The molecular formula is C18H20N4O3S. The van der Waals surface area contributed by atoms with Crippen LogP contribution in [0.2, 0.25) is 0 Å². The lowest BCUT2D eigenvalue weighted by Crippen LogP contribution is -2.19. The van der Waals surface area contributed by atoms with E-state index in [0.717, 1.165) is 11.3 Å². The third-order valence-corrected chi connectivity index (χ3v) is 4.17. The van der Waals surface area contributed by atoms with Crippen LogP contribution < -0.4 is 21.7 Å². The van der Waals surface area contributed by atoms with Crippen LogP contribution in [0.15, 0.2) is 48.5 Å². The summed E-state index contributed by atoms with van der Waals surface area (Å²) in [6.45, 7) is 1.97. The lowest BCUT2D eigenvalue weighted by Gasteiger charge is -2.07. The minimum atomic E-state index is -0.651. The second-order valence-electron chi connectivity index (χ2n) is 5.52. The van der Waals surface area contributed by atoms with Gasteiger partial charge in [-0.1, -0.05) is 17.7 Å². The molecule has 26 heavy (non-hydrogen) atoms. The standard InChI is InChI=1S/C18H20N4O3S/c1-12-2-4-13(5-3-12)20-16(23)10-26-11-17(24)21-14-6-8-15(9-7-14)22-18(19)25/h2-9H,10-11H2,1H3,(H,20,23)(H,21,24)(H3,19,22,25). The Morgan fingerprint density at radius 2 is 1.15 bits per heavy atom. The highest BCUT2D eigenvalue weighted by molar-refractivity contribution is 8.00. The average molecular weight is 372 g/mol. The van der Waals surface area contributed by atoms with Crippen LogP contribution in [0.3, 0.4) is 0 Å². The van der Waals surface area contributed by atoms with E-state index in [1.165, 1.54) is 11.8 Å². The Labute approximate surface area is 155 Å². The summed E-state index contributed by atoms with van der Waals surface area (Å²) in [5, 5.41) is 7.93. The van der Waals surface area contributed by atoms with E-state index < -0.39 is 6.03 Å². The summed E-state index contributed by atoms with van der Waals surface area (Å²) in [5.74, 6) is -0.0342. The number of carbonyl (C=O) groups excluding carboxylic acids is 3. The predicted octanol–water partition coefficient (Wildman–Crippen LogP) is 2.80. The molecule has 0 spiro atoms. The van der Waals surface area contributed by atoms with Gasteiger partial charge >= 0.3 is 6.03 Å². The summed E-state index contributed by atoms with van der Waals surface area (Å²) in [6.07, 6.45) is 0. The van der Waals surface area contributed by atoms with Gasteiger partial charge in [-0.15, -0.1) is 11.8 Å². The Morgan fingerprint density at radius 1 is 0.769 bits per heavy atom. The number of nitrogens with two attached hydrogens (primary N) is 1. The summed E-state index contributed by atoms with van der Waals surface area (Å²) in [6, 6.07) is 13.4. The van der Waals surface area contributed by atoms with Crippen molar-refractivity contribution in [3.05, 3.63) is 54.1 Å². The van der Waals surface area contributed by atoms with Gasteiger partial charge in [0.15, 0.2) is 0 Å². The topological polar surface area (TPSA) is 113 Å². The van der Waals surface area contributed by atoms with Gasteiger partial charge in [0.05, 0.1) is 11.5 Å². The van der Waals surface area contributed by atoms with Crippen LogP contribution in [0.25, 0.3) is 0 Å². The number of hydrogen-bond donors (Lipinski definition) is 4. The Bertz CT molecular complexity index is 776. The molecule has 7 nitrogen and oxygen atoms in total. The SMILES string of the molecule is Cc1ccc(NC(=O)CSCC(=O)Nc2ccc(NC(N)=O)cc2)cc1. The monoisotopic (exact) mass is 372 g/mol. The molecule has 2 aromatic carbocycles. The number of nitrogens with one attached hydrogen (secondary N) is 3. The molecule has 0 radical (unpaired) electrons. The van der Waals surface area contributed by atoms with Crippen molar-refractivity contribution in [2.75, 3.05) is 27.5 Å². The third kappa shape index (κ3) is 6.86. The number of carbonyl (C=O) groups is 3. The van der Waals surface area contributed by atoms with Crippen LogP contribution in [0.4, 0.5) is 21.9 Å². The number of benzene rings is 2. The molecule has 0 unspecified atom stereocenters. The first kappa shape index (κ1) is 19.3. The van der Waals surface area contributed by atoms with Gasteiger partial charge in [0, 0.05) is 17.1 Å². The molecule has 2 aromatic rings. The highest BCUT2D eigenvalue weighted by Crippen LogP contribution is 2.14. The fourth-order valence-corrected chi connectivity index (χ4v) is 2.66. The van der Waals surface area contributed by atoms with Crippen molar-refractivity contribution in [1.82, 2.24) is 0 Å². The number of urea groups is 1. The van der Waals surface area contributed by atoms with Crippen molar-refractivity contribution >= 4 is 46.7 Å². The first-order chi connectivity index (χ1) is 12.4. The van der Waals surface area contributed by atoms with Gasteiger partial charge in [0.1, 0.15) is 0 Å². The summed E-state index contributed by atoms with van der Waals surface area (Å²) in [4.78, 5) is 34.5. The molecular weight excluding hydrogens is 352 g/mol. The number of primary amides is 1. The molecule has 0 aliphatic rings. The van der Waals surface area contributed by atoms with Crippen LogP contribution in [-0.4, -0.2) is 29.4 Å². The second-order valence-corrected chi connectivity index (χ2v) is 6.51. The van der Waals surface area contributed by atoms with Crippen LogP contribution in [0.5, 0.6) is 0 Å². The number of amides is 4. The lowest BCUT2D eigenvalue weighted by atomic mass is 10.2. The molecule has 136 valence electrons. The molecule has 0 saturated carbocycles. The molecule has 0 heterocycles. The first-order valence-electron chi connectivity index (χ1n) is 7.83. The molecule has 0 bridgehead atoms. The first-order valence-corrected chi connectivity index (χ1v) is 8.98. The van der Waals surface area contributed by atoms with E-state index in [4.69, 9.17) is 5.73 Å². The zero-order valence-corrected chi connectivity index (χ0v) is 15.1. The molecule has 0 saturated heterocycles. The highest BCUT2D eigenvalue weighted by atomic mass is 32.2. The van der Waals surface area contributed by atoms with Gasteiger partial charge in [0.25, 0.3) is 0 Å². The molecule has 0 aliphatic heterocycles. The summed E-state index contributed by atoms with van der Waals surface area (Å²) in [5.41, 5.74) is 8.00. The van der Waals surface area contributed by atoms with E-state index in [-0.39, 0.29) is 23.3 Å². The van der Waals surface area contributed by atoms with E-state index in [2.05, 4.69) is 16.0 Å². The Morgan fingerprint density at radius 3 is 1.58 bits per heavy atom. The van der Waals surface area contributed by atoms with Crippen LogP contribution in [0.1, 0.15) is 5.56 Å². The van der Waals surface area contributed by atoms with Crippen LogP contribution in [0, 0.1) is 6.92 Å². The second kappa shape index (κ2) is 9.47. The predicted molar refractivity (Wildman–Crippen MR) is 105 cm³/mol. The Kier molecular flexibility index (Phi) is 7.04. The van der Waals surface area contributed by atoms with Crippen LogP contribution in [-0.2, 0) is 9.59 Å². The molecule has 0 fully saturated rings. The maximum absolute atomic E-state index is 11.9. The molecule has 0 aliphatic carbocycles. The van der Waals surface area contributed by atoms with Gasteiger partial charge < -0.3 is 21.7 Å². The smallest absolute Gasteiger partial charge is 0.316 e. The van der Waals surface area contributed by atoms with Crippen LogP contribution >= 0.6 is 11.8 Å². The lowest BCUT2D eigenvalue weighted by molar-refractivity contribution is -0.114. The minimum Gasteiger partial charge on any atom is -0.351 e. The Hall–Kier alpha value is -3.00. The minimum absolute atomic E-state index is 0.155. The summed E-state index contributed by atoms with van der Waals surface area (Å²) >= 11 is 1.23.